The number of aromatic nitrogens is 2. The van der Waals surface area contributed by atoms with Gasteiger partial charge in [-0.15, -0.1) is 0 Å². The van der Waals surface area contributed by atoms with Crippen molar-refractivity contribution in [3.8, 4) is 0 Å². The smallest absolute Gasteiger partial charge is 0.138 e. The topological polar surface area (TPSA) is 37.8 Å². The second-order valence-electron chi connectivity index (χ2n) is 3.33. The fourth-order valence-electron chi connectivity index (χ4n) is 1.30. The van der Waals surface area contributed by atoms with Crippen molar-refractivity contribution >= 4 is 11.8 Å². The third-order valence-corrected chi connectivity index (χ3v) is 2.82. The Hall–Kier alpha value is -0.610. The first-order valence-electron chi connectivity index (χ1n) is 5.38. The monoisotopic (exact) mass is 225 g/mol. The van der Waals surface area contributed by atoms with Crippen LogP contribution in [0.15, 0.2) is 6.07 Å². The summed E-state index contributed by atoms with van der Waals surface area (Å²) in [5.74, 6) is 2.98. The first-order valence-corrected chi connectivity index (χ1v) is 6.53. The van der Waals surface area contributed by atoms with E-state index in [1.165, 1.54) is 0 Å². The van der Waals surface area contributed by atoms with Gasteiger partial charge in [0.15, 0.2) is 0 Å². The lowest BCUT2D eigenvalue weighted by Gasteiger charge is -2.05. The Labute approximate surface area is 96.1 Å². The van der Waals surface area contributed by atoms with Crippen molar-refractivity contribution in [3.63, 3.8) is 0 Å². The minimum atomic E-state index is 0.837. The first kappa shape index (κ1) is 12.5. The predicted octanol–water partition coefficient (Wildman–Crippen LogP) is 2.15. The van der Waals surface area contributed by atoms with Crippen LogP contribution >= 0.6 is 11.8 Å². The van der Waals surface area contributed by atoms with Crippen LogP contribution in [0.25, 0.3) is 0 Å². The van der Waals surface area contributed by atoms with Gasteiger partial charge in [-0.3, -0.25) is 0 Å². The molecule has 1 heterocycles. The quantitative estimate of drug-likeness (QED) is 0.805. The molecular formula is C11H19N3S. The zero-order chi connectivity index (χ0) is 11.1. The SMILES string of the molecule is CCNCc1cc(C)nc(CSCC)n1. The van der Waals surface area contributed by atoms with Crippen molar-refractivity contribution in [1.29, 1.82) is 0 Å². The molecule has 0 atom stereocenters. The van der Waals surface area contributed by atoms with Crippen LogP contribution in [-0.2, 0) is 12.3 Å². The summed E-state index contributed by atoms with van der Waals surface area (Å²) in [6.45, 7) is 8.09. The van der Waals surface area contributed by atoms with Gasteiger partial charge in [0.2, 0.25) is 0 Å². The Morgan fingerprint density at radius 1 is 1.33 bits per heavy atom. The number of nitrogens with zero attached hydrogens (tertiary/aromatic N) is 2. The lowest BCUT2D eigenvalue weighted by molar-refractivity contribution is 0.702. The molecule has 0 bridgehead atoms. The molecule has 1 aromatic rings. The van der Waals surface area contributed by atoms with E-state index in [2.05, 4.69) is 29.1 Å². The van der Waals surface area contributed by atoms with Crippen molar-refractivity contribution in [1.82, 2.24) is 15.3 Å². The highest BCUT2D eigenvalue weighted by atomic mass is 32.2. The van der Waals surface area contributed by atoms with Gasteiger partial charge in [-0.05, 0) is 25.3 Å². The molecule has 0 radical (unpaired) electrons. The summed E-state index contributed by atoms with van der Waals surface area (Å²) in [5.41, 5.74) is 2.15. The van der Waals surface area contributed by atoms with E-state index < -0.39 is 0 Å². The van der Waals surface area contributed by atoms with Crippen molar-refractivity contribution < 1.29 is 0 Å². The highest BCUT2D eigenvalue weighted by Crippen LogP contribution is 2.09. The molecule has 0 saturated heterocycles. The Bertz CT molecular complexity index is 276. The van der Waals surface area contributed by atoms with Gasteiger partial charge in [0.25, 0.3) is 0 Å². The molecule has 0 aliphatic heterocycles. The van der Waals surface area contributed by atoms with Gasteiger partial charge in [0.1, 0.15) is 5.82 Å². The number of hydrogen-bond donors (Lipinski definition) is 1. The van der Waals surface area contributed by atoms with Gasteiger partial charge >= 0.3 is 0 Å². The summed E-state index contributed by atoms with van der Waals surface area (Å²) in [6, 6.07) is 2.04. The molecule has 0 unspecified atom stereocenters. The summed E-state index contributed by atoms with van der Waals surface area (Å²) in [7, 11) is 0. The molecule has 84 valence electrons. The Balaban J connectivity index is 2.66. The zero-order valence-electron chi connectivity index (χ0n) is 9.71. The van der Waals surface area contributed by atoms with E-state index in [9.17, 15) is 0 Å². The predicted molar refractivity (Wildman–Crippen MR) is 66.0 cm³/mol. The molecule has 0 fully saturated rings. The van der Waals surface area contributed by atoms with Crippen LogP contribution in [0, 0.1) is 6.92 Å². The Kier molecular flexibility index (Phi) is 5.65. The fourth-order valence-corrected chi connectivity index (χ4v) is 1.82. The number of aryl methyl sites for hydroxylation is 1. The van der Waals surface area contributed by atoms with Gasteiger partial charge < -0.3 is 5.32 Å². The van der Waals surface area contributed by atoms with Crippen LogP contribution in [0.1, 0.15) is 31.1 Å². The summed E-state index contributed by atoms with van der Waals surface area (Å²) in [6.07, 6.45) is 0. The highest BCUT2D eigenvalue weighted by Gasteiger charge is 2.01. The minimum absolute atomic E-state index is 0.837. The molecule has 1 N–H and O–H groups in total. The van der Waals surface area contributed by atoms with E-state index in [1.807, 2.05) is 24.8 Å². The summed E-state index contributed by atoms with van der Waals surface area (Å²) in [4.78, 5) is 8.93. The van der Waals surface area contributed by atoms with Crippen molar-refractivity contribution in [3.05, 3.63) is 23.3 Å². The molecule has 1 aromatic heterocycles. The van der Waals surface area contributed by atoms with Crippen molar-refractivity contribution in [2.45, 2.75) is 33.1 Å². The molecule has 3 nitrogen and oxygen atoms in total. The second kappa shape index (κ2) is 6.80. The number of hydrogen-bond acceptors (Lipinski definition) is 4. The second-order valence-corrected chi connectivity index (χ2v) is 4.61. The normalized spacial score (nSPS) is 10.6. The van der Waals surface area contributed by atoms with Crippen LogP contribution in [0.2, 0.25) is 0 Å². The largest absolute Gasteiger partial charge is 0.311 e. The average Bonchev–Trinajstić information content (AvgIpc) is 2.23. The zero-order valence-corrected chi connectivity index (χ0v) is 10.5. The number of thioether (sulfide) groups is 1. The molecule has 0 aliphatic carbocycles. The van der Waals surface area contributed by atoms with E-state index in [4.69, 9.17) is 0 Å². The number of rotatable bonds is 6. The third kappa shape index (κ3) is 4.62. The fraction of sp³-hybridized carbons (Fsp3) is 0.636. The highest BCUT2D eigenvalue weighted by molar-refractivity contribution is 7.98. The van der Waals surface area contributed by atoms with Gasteiger partial charge in [-0.1, -0.05) is 13.8 Å². The maximum absolute atomic E-state index is 4.51. The molecule has 0 saturated carbocycles. The molecule has 0 spiro atoms. The van der Waals surface area contributed by atoms with E-state index in [-0.39, 0.29) is 0 Å². The molecule has 15 heavy (non-hydrogen) atoms. The van der Waals surface area contributed by atoms with Crippen LogP contribution < -0.4 is 5.32 Å². The Morgan fingerprint density at radius 3 is 2.80 bits per heavy atom. The van der Waals surface area contributed by atoms with Crippen LogP contribution in [0.5, 0.6) is 0 Å². The van der Waals surface area contributed by atoms with Crippen molar-refractivity contribution in [2.24, 2.45) is 0 Å². The van der Waals surface area contributed by atoms with E-state index >= 15 is 0 Å². The summed E-state index contributed by atoms with van der Waals surface area (Å²) >= 11 is 1.86. The average molecular weight is 225 g/mol. The lowest BCUT2D eigenvalue weighted by Crippen LogP contribution is -2.14. The van der Waals surface area contributed by atoms with Gasteiger partial charge in [0, 0.05) is 12.2 Å². The van der Waals surface area contributed by atoms with Gasteiger partial charge in [0.05, 0.1) is 11.4 Å². The molecule has 0 aliphatic rings. The molecular weight excluding hydrogens is 206 g/mol. The standard InChI is InChI=1S/C11H19N3S/c1-4-12-7-10-6-9(3)13-11(14-10)8-15-5-2/h6,12H,4-5,7-8H2,1-3H3. The lowest BCUT2D eigenvalue weighted by atomic mass is 10.3. The third-order valence-electron chi connectivity index (χ3n) is 1.94. The van der Waals surface area contributed by atoms with E-state index in [0.29, 0.717) is 0 Å². The van der Waals surface area contributed by atoms with Gasteiger partial charge in [-0.25, -0.2) is 9.97 Å². The van der Waals surface area contributed by atoms with Crippen LogP contribution in [0.3, 0.4) is 0 Å². The van der Waals surface area contributed by atoms with Crippen LogP contribution in [0.4, 0.5) is 0 Å². The molecule has 4 heteroatoms. The minimum Gasteiger partial charge on any atom is -0.311 e. The summed E-state index contributed by atoms with van der Waals surface area (Å²) in [5, 5.41) is 3.28. The molecule has 1 rings (SSSR count). The van der Waals surface area contributed by atoms with E-state index in [1.54, 1.807) is 0 Å². The molecule has 0 aromatic carbocycles. The van der Waals surface area contributed by atoms with E-state index in [0.717, 1.165) is 41.8 Å². The molecule has 0 amide bonds. The number of nitrogens with one attached hydrogen (secondary N) is 1. The Morgan fingerprint density at radius 2 is 2.13 bits per heavy atom. The van der Waals surface area contributed by atoms with Crippen molar-refractivity contribution in [2.75, 3.05) is 12.3 Å². The van der Waals surface area contributed by atoms with Gasteiger partial charge in [-0.2, -0.15) is 11.8 Å². The maximum atomic E-state index is 4.51. The first-order chi connectivity index (χ1) is 7.26. The summed E-state index contributed by atoms with van der Waals surface area (Å²) < 4.78 is 0. The van der Waals surface area contributed by atoms with Crippen LogP contribution in [-0.4, -0.2) is 22.3 Å². The maximum Gasteiger partial charge on any atom is 0.138 e.